The van der Waals surface area contributed by atoms with E-state index in [9.17, 15) is 0 Å². The van der Waals surface area contributed by atoms with Crippen LogP contribution in [0.4, 0.5) is 5.69 Å². The molecular formula is C12H19N5O. The minimum Gasteiger partial charge on any atom is -0.419 e. The molecule has 0 radical (unpaired) electrons. The molecule has 6 nitrogen and oxygen atoms in total. The van der Waals surface area contributed by atoms with E-state index in [1.165, 1.54) is 0 Å². The van der Waals surface area contributed by atoms with Gasteiger partial charge in [0.2, 0.25) is 11.8 Å². The van der Waals surface area contributed by atoms with Gasteiger partial charge >= 0.3 is 0 Å². The van der Waals surface area contributed by atoms with Crippen LogP contribution < -0.4 is 10.5 Å². The number of aryl methyl sites for hydroxylation is 3. The topological polar surface area (TPSA) is 70.9 Å². The van der Waals surface area contributed by atoms with Crippen molar-refractivity contribution in [2.45, 2.75) is 26.7 Å². The van der Waals surface area contributed by atoms with E-state index in [0.29, 0.717) is 17.4 Å². The minimum absolute atomic E-state index is 0.266. The van der Waals surface area contributed by atoms with Crippen LogP contribution in [0.3, 0.4) is 0 Å². The van der Waals surface area contributed by atoms with Crippen LogP contribution in [0.15, 0.2) is 6.07 Å². The Bertz CT molecular complexity index is 567. The maximum absolute atomic E-state index is 6.07. The first-order chi connectivity index (χ1) is 8.40. The highest BCUT2D eigenvalue weighted by atomic mass is 16.5. The van der Waals surface area contributed by atoms with Crippen molar-refractivity contribution in [3.8, 4) is 11.8 Å². The van der Waals surface area contributed by atoms with Crippen LogP contribution in [0, 0.1) is 6.92 Å². The van der Waals surface area contributed by atoms with Gasteiger partial charge in [0.15, 0.2) is 0 Å². The summed E-state index contributed by atoms with van der Waals surface area (Å²) in [6, 6.07) is 1.86. The third-order valence-electron chi connectivity index (χ3n) is 2.77. The van der Waals surface area contributed by atoms with E-state index in [0.717, 1.165) is 11.4 Å². The van der Waals surface area contributed by atoms with E-state index in [-0.39, 0.29) is 5.92 Å². The molecule has 18 heavy (non-hydrogen) atoms. The van der Waals surface area contributed by atoms with Crippen molar-refractivity contribution >= 4 is 5.69 Å². The van der Waals surface area contributed by atoms with Crippen LogP contribution in [0.25, 0.3) is 0 Å². The van der Waals surface area contributed by atoms with E-state index in [2.05, 4.69) is 24.0 Å². The van der Waals surface area contributed by atoms with Crippen molar-refractivity contribution in [2.24, 2.45) is 14.1 Å². The zero-order chi connectivity index (χ0) is 13.4. The third kappa shape index (κ3) is 2.05. The normalized spacial score (nSPS) is 11.2. The molecule has 6 heteroatoms. The van der Waals surface area contributed by atoms with Crippen LogP contribution in [0.2, 0.25) is 0 Å². The second kappa shape index (κ2) is 4.36. The molecule has 0 aliphatic carbocycles. The SMILES string of the molecule is Cc1cc(Oc2c(N)c(C(C)C)nn2C)n(C)n1. The van der Waals surface area contributed by atoms with Crippen LogP contribution in [0.5, 0.6) is 11.8 Å². The predicted molar refractivity (Wildman–Crippen MR) is 69.7 cm³/mol. The maximum atomic E-state index is 6.07. The van der Waals surface area contributed by atoms with Gasteiger partial charge in [-0.1, -0.05) is 13.8 Å². The first-order valence-electron chi connectivity index (χ1n) is 5.91. The van der Waals surface area contributed by atoms with E-state index in [1.807, 2.05) is 27.1 Å². The molecule has 0 saturated heterocycles. The summed E-state index contributed by atoms with van der Waals surface area (Å²) in [7, 11) is 3.65. The highest BCUT2D eigenvalue weighted by Gasteiger charge is 2.18. The fourth-order valence-electron chi connectivity index (χ4n) is 1.87. The zero-order valence-electron chi connectivity index (χ0n) is 11.4. The average molecular weight is 249 g/mol. The Morgan fingerprint density at radius 1 is 1.22 bits per heavy atom. The number of nitrogens with two attached hydrogens (primary N) is 1. The van der Waals surface area contributed by atoms with Gasteiger partial charge in [0.25, 0.3) is 0 Å². The first kappa shape index (κ1) is 12.5. The van der Waals surface area contributed by atoms with Crippen molar-refractivity contribution in [3.05, 3.63) is 17.5 Å². The van der Waals surface area contributed by atoms with Crippen LogP contribution in [-0.2, 0) is 14.1 Å². The average Bonchev–Trinajstić information content (AvgIpc) is 2.72. The van der Waals surface area contributed by atoms with Gasteiger partial charge < -0.3 is 10.5 Å². The second-order valence-electron chi connectivity index (χ2n) is 4.73. The molecule has 0 aromatic carbocycles. The van der Waals surface area contributed by atoms with Crippen LogP contribution in [-0.4, -0.2) is 19.6 Å². The van der Waals surface area contributed by atoms with Gasteiger partial charge in [0.05, 0.1) is 11.4 Å². The Hall–Kier alpha value is -1.98. The molecule has 0 aliphatic heterocycles. The Kier molecular flexibility index (Phi) is 3.02. The Morgan fingerprint density at radius 2 is 1.89 bits per heavy atom. The summed E-state index contributed by atoms with van der Waals surface area (Å²) in [6.45, 7) is 6.02. The van der Waals surface area contributed by atoms with Gasteiger partial charge in [0.1, 0.15) is 5.69 Å². The number of hydrogen-bond donors (Lipinski definition) is 1. The molecule has 0 amide bonds. The highest BCUT2D eigenvalue weighted by Crippen LogP contribution is 2.32. The van der Waals surface area contributed by atoms with E-state index < -0.39 is 0 Å². The summed E-state index contributed by atoms with van der Waals surface area (Å²) in [4.78, 5) is 0. The van der Waals surface area contributed by atoms with Gasteiger partial charge in [-0.05, 0) is 12.8 Å². The molecule has 2 N–H and O–H groups in total. The lowest BCUT2D eigenvalue weighted by molar-refractivity contribution is 0.393. The molecule has 2 aromatic rings. The van der Waals surface area contributed by atoms with Gasteiger partial charge in [-0.3, -0.25) is 0 Å². The van der Waals surface area contributed by atoms with Crippen molar-refractivity contribution < 1.29 is 4.74 Å². The van der Waals surface area contributed by atoms with E-state index in [1.54, 1.807) is 9.36 Å². The Morgan fingerprint density at radius 3 is 2.33 bits per heavy atom. The summed E-state index contributed by atoms with van der Waals surface area (Å²) >= 11 is 0. The summed E-state index contributed by atoms with van der Waals surface area (Å²) < 4.78 is 9.14. The van der Waals surface area contributed by atoms with Crippen molar-refractivity contribution in [2.75, 3.05) is 5.73 Å². The van der Waals surface area contributed by atoms with Gasteiger partial charge in [-0.15, -0.1) is 0 Å². The number of nitrogen functional groups attached to an aromatic ring is 1. The largest absolute Gasteiger partial charge is 0.419 e. The van der Waals surface area contributed by atoms with Gasteiger partial charge in [0, 0.05) is 20.2 Å². The van der Waals surface area contributed by atoms with Gasteiger partial charge in [-0.2, -0.15) is 10.2 Å². The quantitative estimate of drug-likeness (QED) is 0.902. The van der Waals surface area contributed by atoms with Crippen LogP contribution >= 0.6 is 0 Å². The summed E-state index contributed by atoms with van der Waals surface area (Å²) in [5.74, 6) is 1.47. The molecule has 98 valence electrons. The Labute approximate surface area is 106 Å². The summed E-state index contributed by atoms with van der Waals surface area (Å²) in [5, 5.41) is 8.61. The molecule has 0 unspecified atom stereocenters. The van der Waals surface area contributed by atoms with E-state index >= 15 is 0 Å². The fourth-order valence-corrected chi connectivity index (χ4v) is 1.87. The summed E-state index contributed by atoms with van der Waals surface area (Å²) in [5.41, 5.74) is 8.41. The molecule has 0 saturated carbocycles. The minimum atomic E-state index is 0.266. The number of nitrogens with zero attached hydrogens (tertiary/aromatic N) is 4. The monoisotopic (exact) mass is 249 g/mol. The standard InChI is InChI=1S/C12H19N5O/c1-7(2)11-10(13)12(17(5)15-11)18-9-6-8(3)14-16(9)4/h6-7H,13H2,1-5H3. The lowest BCUT2D eigenvalue weighted by Crippen LogP contribution is -2.01. The molecule has 0 fully saturated rings. The van der Waals surface area contributed by atoms with Crippen molar-refractivity contribution in [3.63, 3.8) is 0 Å². The van der Waals surface area contributed by atoms with Crippen molar-refractivity contribution in [1.29, 1.82) is 0 Å². The van der Waals surface area contributed by atoms with Crippen molar-refractivity contribution in [1.82, 2.24) is 19.6 Å². The second-order valence-corrected chi connectivity index (χ2v) is 4.73. The Balaban J connectivity index is 2.38. The van der Waals surface area contributed by atoms with Gasteiger partial charge in [-0.25, -0.2) is 9.36 Å². The lowest BCUT2D eigenvalue weighted by atomic mass is 10.1. The molecular weight excluding hydrogens is 230 g/mol. The lowest BCUT2D eigenvalue weighted by Gasteiger charge is -2.06. The molecule has 2 heterocycles. The molecule has 0 aliphatic rings. The molecule has 0 bridgehead atoms. The predicted octanol–water partition coefficient (Wildman–Crippen LogP) is 1.96. The maximum Gasteiger partial charge on any atom is 0.243 e. The smallest absolute Gasteiger partial charge is 0.243 e. The molecule has 2 rings (SSSR count). The fraction of sp³-hybridized carbons (Fsp3) is 0.500. The van der Waals surface area contributed by atoms with Crippen LogP contribution in [0.1, 0.15) is 31.2 Å². The number of hydrogen-bond acceptors (Lipinski definition) is 4. The number of rotatable bonds is 3. The zero-order valence-corrected chi connectivity index (χ0v) is 11.4. The number of anilines is 1. The summed E-state index contributed by atoms with van der Waals surface area (Å²) in [6.07, 6.45) is 0. The number of aromatic nitrogens is 4. The van der Waals surface area contributed by atoms with E-state index in [4.69, 9.17) is 10.5 Å². The molecule has 0 atom stereocenters. The third-order valence-corrected chi connectivity index (χ3v) is 2.77. The number of ether oxygens (including phenoxy) is 1. The molecule has 2 aromatic heterocycles. The highest BCUT2D eigenvalue weighted by molar-refractivity contribution is 5.55. The first-order valence-corrected chi connectivity index (χ1v) is 5.91. The molecule has 0 spiro atoms.